The van der Waals surface area contributed by atoms with Crippen LogP contribution in [0.1, 0.15) is 25.5 Å². The van der Waals surface area contributed by atoms with Crippen LogP contribution in [0.5, 0.6) is 0 Å². The smallest absolute Gasteiger partial charge is 0.322 e. The van der Waals surface area contributed by atoms with Gasteiger partial charge in [-0.1, -0.05) is 12.0 Å². The van der Waals surface area contributed by atoms with Crippen LogP contribution in [0.2, 0.25) is 0 Å². The maximum atomic E-state index is 11.6. The van der Waals surface area contributed by atoms with Gasteiger partial charge in [-0.3, -0.25) is 5.32 Å². The lowest BCUT2D eigenvalue weighted by Gasteiger charge is -2.04. The van der Waals surface area contributed by atoms with Gasteiger partial charge in [0.2, 0.25) is 5.89 Å². The van der Waals surface area contributed by atoms with Crippen LogP contribution in [-0.4, -0.2) is 31.2 Å². The van der Waals surface area contributed by atoms with Gasteiger partial charge in [0.1, 0.15) is 5.76 Å². The fourth-order valence-electron chi connectivity index (χ4n) is 1.40. The van der Waals surface area contributed by atoms with Gasteiger partial charge in [0.25, 0.3) is 5.95 Å². The second-order valence-corrected chi connectivity index (χ2v) is 3.70. The van der Waals surface area contributed by atoms with Crippen molar-refractivity contribution in [3.63, 3.8) is 0 Å². The van der Waals surface area contributed by atoms with E-state index in [1.54, 1.807) is 6.20 Å². The van der Waals surface area contributed by atoms with Crippen molar-refractivity contribution in [2.45, 2.75) is 33.4 Å². The van der Waals surface area contributed by atoms with E-state index >= 15 is 0 Å². The van der Waals surface area contributed by atoms with Crippen LogP contribution in [0, 0.1) is 0 Å². The molecule has 0 aromatic carbocycles. The molecule has 0 bridgehead atoms. The molecule has 0 unspecified atom stereocenters. The molecule has 9 heteroatoms. The Morgan fingerprint density at radius 1 is 1.47 bits per heavy atom. The Kier molecular flexibility index (Phi) is 4.06. The van der Waals surface area contributed by atoms with Crippen molar-refractivity contribution >= 4 is 12.0 Å². The van der Waals surface area contributed by atoms with Gasteiger partial charge in [0, 0.05) is 13.0 Å². The largest absolute Gasteiger partial charge is 0.444 e. The molecule has 0 spiro atoms. The second kappa shape index (κ2) is 5.94. The summed E-state index contributed by atoms with van der Waals surface area (Å²) in [5.74, 6) is 1.54. The summed E-state index contributed by atoms with van der Waals surface area (Å²) in [6.45, 7) is 4.62. The summed E-state index contributed by atoms with van der Waals surface area (Å²) in [6, 6.07) is -0.416. The number of hydrogen-bond acceptors (Lipinski definition) is 6. The lowest BCUT2D eigenvalue weighted by atomic mass is 10.4. The molecular weight excluding hydrogens is 250 g/mol. The normalized spacial score (nSPS) is 10.4. The van der Waals surface area contributed by atoms with Crippen molar-refractivity contribution in [2.75, 3.05) is 5.32 Å². The molecule has 0 fully saturated rings. The summed E-state index contributed by atoms with van der Waals surface area (Å²) in [6.07, 6.45) is 2.41. The topological polar surface area (TPSA) is 111 Å². The van der Waals surface area contributed by atoms with Crippen molar-refractivity contribution in [2.24, 2.45) is 0 Å². The Hall–Kier alpha value is -2.45. The van der Waals surface area contributed by atoms with Gasteiger partial charge in [-0.2, -0.15) is 0 Å². The van der Waals surface area contributed by atoms with Crippen LogP contribution >= 0.6 is 0 Å². The number of oxazole rings is 1. The highest BCUT2D eigenvalue weighted by Crippen LogP contribution is 2.04. The van der Waals surface area contributed by atoms with Crippen molar-refractivity contribution in [3.8, 4) is 0 Å². The van der Waals surface area contributed by atoms with Gasteiger partial charge < -0.3 is 9.73 Å². The van der Waals surface area contributed by atoms with Crippen molar-refractivity contribution < 1.29 is 9.21 Å². The molecule has 2 rings (SSSR count). The van der Waals surface area contributed by atoms with Gasteiger partial charge in [0.15, 0.2) is 0 Å². The number of carbonyl (C=O) groups is 1. The number of anilines is 1. The first-order chi connectivity index (χ1) is 9.22. The second-order valence-electron chi connectivity index (χ2n) is 3.70. The number of carbonyl (C=O) groups excluding carboxylic acids is 1. The Morgan fingerprint density at radius 3 is 3.00 bits per heavy atom. The molecule has 2 aromatic rings. The molecular formula is C10H15N7O2. The zero-order valence-corrected chi connectivity index (χ0v) is 10.8. The highest BCUT2D eigenvalue weighted by molar-refractivity contribution is 5.87. The standard InChI is InChI=1S/C10H15N7O2/c1-3-7-5-11-8(19-7)6-12-10(18)13-9-14-15-16-17(9)4-2/h5H,3-4,6H2,1-2H3,(H2,12,13,14,16,18). The summed E-state index contributed by atoms with van der Waals surface area (Å²) in [5, 5.41) is 16.0. The van der Waals surface area contributed by atoms with E-state index in [9.17, 15) is 4.79 Å². The Morgan fingerprint density at radius 2 is 2.32 bits per heavy atom. The van der Waals surface area contributed by atoms with Gasteiger partial charge >= 0.3 is 6.03 Å². The monoisotopic (exact) mass is 265 g/mol. The first-order valence-electron chi connectivity index (χ1n) is 5.97. The molecule has 2 amide bonds. The SMILES string of the molecule is CCc1cnc(CNC(=O)Nc2nnnn2CC)o1. The molecule has 19 heavy (non-hydrogen) atoms. The van der Waals surface area contributed by atoms with Crippen LogP contribution in [0.4, 0.5) is 10.7 Å². The Labute approximate surface area is 109 Å². The lowest BCUT2D eigenvalue weighted by Crippen LogP contribution is -2.29. The summed E-state index contributed by atoms with van der Waals surface area (Å²) < 4.78 is 6.84. The number of rotatable bonds is 5. The molecule has 0 aliphatic carbocycles. The summed E-state index contributed by atoms with van der Waals surface area (Å²) >= 11 is 0. The van der Waals surface area contributed by atoms with Gasteiger partial charge in [0.05, 0.1) is 12.7 Å². The lowest BCUT2D eigenvalue weighted by molar-refractivity contribution is 0.250. The van der Waals surface area contributed by atoms with Gasteiger partial charge in [-0.05, 0) is 17.4 Å². The molecule has 0 aliphatic heterocycles. The minimum Gasteiger partial charge on any atom is -0.444 e. The van der Waals surface area contributed by atoms with Crippen LogP contribution < -0.4 is 10.6 Å². The molecule has 2 heterocycles. The molecule has 0 radical (unpaired) electrons. The first kappa shape index (κ1) is 13.0. The van der Waals surface area contributed by atoms with Crippen molar-refractivity contribution in [3.05, 3.63) is 17.8 Å². The van der Waals surface area contributed by atoms with Crippen molar-refractivity contribution in [1.82, 2.24) is 30.5 Å². The Balaban J connectivity index is 1.84. The van der Waals surface area contributed by atoms with Crippen LogP contribution in [0.25, 0.3) is 0 Å². The molecule has 0 atom stereocenters. The third-order valence-corrected chi connectivity index (χ3v) is 2.41. The quantitative estimate of drug-likeness (QED) is 0.817. The number of amides is 2. The summed E-state index contributed by atoms with van der Waals surface area (Å²) in [4.78, 5) is 15.7. The van der Waals surface area contributed by atoms with E-state index in [1.807, 2.05) is 13.8 Å². The molecule has 0 saturated heterocycles. The predicted octanol–water partition coefficient (Wildman–Crippen LogP) is 0.565. The average Bonchev–Trinajstić information content (AvgIpc) is 3.04. The van der Waals surface area contributed by atoms with E-state index in [0.29, 0.717) is 18.4 Å². The minimum absolute atomic E-state index is 0.208. The minimum atomic E-state index is -0.416. The molecule has 9 nitrogen and oxygen atoms in total. The number of urea groups is 1. The number of aromatic nitrogens is 5. The Bertz CT molecular complexity index is 548. The third-order valence-electron chi connectivity index (χ3n) is 2.41. The van der Waals surface area contributed by atoms with Crippen LogP contribution in [0.15, 0.2) is 10.6 Å². The molecule has 0 saturated carbocycles. The molecule has 2 aromatic heterocycles. The first-order valence-corrected chi connectivity index (χ1v) is 5.97. The van der Waals surface area contributed by atoms with Crippen LogP contribution in [0.3, 0.4) is 0 Å². The maximum absolute atomic E-state index is 11.6. The number of tetrazole rings is 1. The van der Waals surface area contributed by atoms with E-state index in [-0.39, 0.29) is 6.54 Å². The number of aryl methyl sites for hydroxylation is 2. The number of hydrogen-bond donors (Lipinski definition) is 2. The van der Waals surface area contributed by atoms with E-state index in [0.717, 1.165) is 12.2 Å². The molecule has 0 aliphatic rings. The average molecular weight is 265 g/mol. The number of nitrogens with one attached hydrogen (secondary N) is 2. The fraction of sp³-hybridized carbons (Fsp3) is 0.500. The van der Waals surface area contributed by atoms with Crippen molar-refractivity contribution in [1.29, 1.82) is 0 Å². The highest BCUT2D eigenvalue weighted by Gasteiger charge is 2.09. The molecule has 102 valence electrons. The zero-order valence-electron chi connectivity index (χ0n) is 10.8. The van der Waals surface area contributed by atoms with Gasteiger partial charge in [-0.25, -0.2) is 14.5 Å². The third kappa shape index (κ3) is 3.27. The fourth-order valence-corrected chi connectivity index (χ4v) is 1.40. The van der Waals surface area contributed by atoms with E-state index < -0.39 is 6.03 Å². The predicted molar refractivity (Wildman–Crippen MR) is 65.2 cm³/mol. The van der Waals surface area contributed by atoms with Crippen LogP contribution in [-0.2, 0) is 19.5 Å². The van der Waals surface area contributed by atoms with E-state index in [2.05, 4.69) is 31.1 Å². The summed E-state index contributed by atoms with van der Waals surface area (Å²) in [7, 11) is 0. The number of nitrogens with zero attached hydrogens (tertiary/aromatic N) is 5. The molecule has 2 N–H and O–H groups in total. The maximum Gasteiger partial charge on any atom is 0.322 e. The summed E-state index contributed by atoms with van der Waals surface area (Å²) in [5.41, 5.74) is 0. The highest BCUT2D eigenvalue weighted by atomic mass is 16.4. The van der Waals surface area contributed by atoms with E-state index in [1.165, 1.54) is 4.68 Å². The zero-order chi connectivity index (χ0) is 13.7. The van der Waals surface area contributed by atoms with Gasteiger partial charge in [-0.15, -0.1) is 0 Å². The van der Waals surface area contributed by atoms with E-state index in [4.69, 9.17) is 4.42 Å².